The third-order valence-electron chi connectivity index (χ3n) is 4.37. The molecule has 0 heterocycles. The predicted molar refractivity (Wildman–Crippen MR) is 91.7 cm³/mol. The molecule has 0 radical (unpaired) electrons. The van der Waals surface area contributed by atoms with Crippen molar-refractivity contribution in [3.8, 4) is 17.6 Å². The largest absolute Gasteiger partial charge is 0.493 e. The van der Waals surface area contributed by atoms with E-state index in [4.69, 9.17) is 14.7 Å². The zero-order chi connectivity index (χ0) is 16.3. The molecule has 1 aromatic rings. The summed E-state index contributed by atoms with van der Waals surface area (Å²) >= 11 is 0. The van der Waals surface area contributed by atoms with Crippen LogP contribution >= 0.6 is 0 Å². The summed E-state index contributed by atoms with van der Waals surface area (Å²) in [6.07, 6.45) is 9.26. The number of nitrogens with one attached hydrogen (secondary N) is 1. The van der Waals surface area contributed by atoms with Gasteiger partial charge in [-0.15, -0.1) is 0 Å². The van der Waals surface area contributed by atoms with Crippen molar-refractivity contribution in [2.24, 2.45) is 0 Å². The van der Waals surface area contributed by atoms with Gasteiger partial charge in [0, 0.05) is 19.0 Å². The van der Waals surface area contributed by atoms with E-state index in [9.17, 15) is 0 Å². The molecule has 0 aromatic heterocycles. The lowest BCUT2D eigenvalue weighted by Gasteiger charge is -2.17. The van der Waals surface area contributed by atoms with E-state index in [1.807, 2.05) is 6.07 Å². The molecule has 2 rings (SSSR count). The van der Waals surface area contributed by atoms with Crippen LogP contribution in [-0.2, 0) is 6.54 Å². The fourth-order valence-electron chi connectivity index (χ4n) is 3.02. The van der Waals surface area contributed by atoms with Gasteiger partial charge in [-0.1, -0.05) is 31.7 Å². The number of nitriles is 1. The number of benzene rings is 1. The van der Waals surface area contributed by atoms with Gasteiger partial charge in [0.05, 0.1) is 19.8 Å². The summed E-state index contributed by atoms with van der Waals surface area (Å²) in [4.78, 5) is 0. The molecule has 0 spiro atoms. The van der Waals surface area contributed by atoms with Crippen LogP contribution in [0.15, 0.2) is 18.2 Å². The second-order valence-electron chi connectivity index (χ2n) is 6.16. The molecule has 1 fully saturated rings. The Kier molecular flexibility index (Phi) is 7.75. The highest BCUT2D eigenvalue weighted by Crippen LogP contribution is 2.28. The Hall–Kier alpha value is -1.73. The molecule has 126 valence electrons. The van der Waals surface area contributed by atoms with Crippen LogP contribution in [0.25, 0.3) is 0 Å². The number of rotatable bonds is 8. The Bertz CT molecular complexity index is 503. The molecule has 1 saturated carbocycles. The fraction of sp³-hybridized carbons (Fsp3) is 0.632. The zero-order valence-electron chi connectivity index (χ0n) is 14.1. The highest BCUT2D eigenvalue weighted by molar-refractivity contribution is 5.43. The monoisotopic (exact) mass is 316 g/mol. The number of ether oxygens (including phenoxy) is 2. The van der Waals surface area contributed by atoms with Gasteiger partial charge in [0.15, 0.2) is 11.5 Å². The minimum Gasteiger partial charge on any atom is -0.493 e. The number of methoxy groups -OCH3 is 1. The smallest absolute Gasteiger partial charge is 0.161 e. The van der Waals surface area contributed by atoms with Crippen LogP contribution in [0.5, 0.6) is 11.5 Å². The maximum Gasteiger partial charge on any atom is 0.161 e. The Morgan fingerprint density at radius 2 is 1.96 bits per heavy atom. The summed E-state index contributed by atoms with van der Waals surface area (Å²) in [6, 6.07) is 8.87. The van der Waals surface area contributed by atoms with E-state index in [1.54, 1.807) is 7.11 Å². The maximum absolute atomic E-state index is 8.58. The van der Waals surface area contributed by atoms with Gasteiger partial charge in [-0.25, -0.2) is 0 Å². The first-order valence-corrected chi connectivity index (χ1v) is 8.73. The van der Waals surface area contributed by atoms with Crippen LogP contribution in [0.1, 0.15) is 56.9 Å². The van der Waals surface area contributed by atoms with Crippen LogP contribution in [-0.4, -0.2) is 19.8 Å². The van der Waals surface area contributed by atoms with Crippen LogP contribution in [0.3, 0.4) is 0 Å². The summed E-state index contributed by atoms with van der Waals surface area (Å²) in [7, 11) is 1.65. The first-order valence-electron chi connectivity index (χ1n) is 8.73. The molecule has 0 atom stereocenters. The van der Waals surface area contributed by atoms with Crippen molar-refractivity contribution >= 4 is 0 Å². The lowest BCUT2D eigenvalue weighted by atomic mass is 10.1. The van der Waals surface area contributed by atoms with E-state index in [2.05, 4.69) is 23.5 Å². The average Bonchev–Trinajstić information content (AvgIpc) is 2.86. The van der Waals surface area contributed by atoms with Crippen molar-refractivity contribution in [1.82, 2.24) is 5.32 Å². The molecule has 1 N–H and O–H groups in total. The maximum atomic E-state index is 8.58. The first-order chi connectivity index (χ1) is 11.3. The molecule has 1 aliphatic rings. The topological polar surface area (TPSA) is 54.3 Å². The minimum absolute atomic E-state index is 0.519. The summed E-state index contributed by atoms with van der Waals surface area (Å²) in [5, 5.41) is 12.3. The van der Waals surface area contributed by atoms with Crippen molar-refractivity contribution in [2.45, 2.75) is 64.0 Å². The van der Waals surface area contributed by atoms with Gasteiger partial charge in [-0.3, -0.25) is 0 Å². The highest BCUT2D eigenvalue weighted by atomic mass is 16.5. The number of unbranched alkanes of at least 4 members (excludes halogenated alkanes) is 1. The van der Waals surface area contributed by atoms with Gasteiger partial charge >= 0.3 is 0 Å². The van der Waals surface area contributed by atoms with Crippen LogP contribution in [0, 0.1) is 11.3 Å². The Morgan fingerprint density at radius 3 is 2.65 bits per heavy atom. The fourth-order valence-corrected chi connectivity index (χ4v) is 3.02. The van der Waals surface area contributed by atoms with Crippen LogP contribution in [0.4, 0.5) is 0 Å². The standard InChI is InChI=1S/C19H28N2O2/c1-22-18-11-10-16(14-19(18)23-13-7-6-12-20)15-21-17-8-4-2-3-5-9-17/h10-11,14,17,21H,2-9,13,15H2,1H3. The van der Waals surface area contributed by atoms with Crippen molar-refractivity contribution in [1.29, 1.82) is 5.26 Å². The normalized spacial score (nSPS) is 15.7. The van der Waals surface area contributed by atoms with E-state index in [0.29, 0.717) is 19.1 Å². The molecule has 1 aliphatic carbocycles. The Morgan fingerprint density at radius 1 is 1.17 bits per heavy atom. The molecule has 4 nitrogen and oxygen atoms in total. The lowest BCUT2D eigenvalue weighted by Crippen LogP contribution is -2.27. The van der Waals surface area contributed by atoms with Gasteiger partial charge in [0.1, 0.15) is 0 Å². The minimum atomic E-state index is 0.519. The summed E-state index contributed by atoms with van der Waals surface area (Å²) in [6.45, 7) is 1.41. The molecule has 0 saturated heterocycles. The molecular formula is C19H28N2O2. The van der Waals surface area contributed by atoms with Gasteiger partial charge in [0.25, 0.3) is 0 Å². The van der Waals surface area contributed by atoms with Crippen LogP contribution in [0.2, 0.25) is 0 Å². The van der Waals surface area contributed by atoms with Crippen molar-refractivity contribution in [3.63, 3.8) is 0 Å². The second kappa shape index (κ2) is 10.1. The molecule has 0 unspecified atom stereocenters. The van der Waals surface area contributed by atoms with E-state index in [1.165, 1.54) is 44.1 Å². The molecular weight excluding hydrogens is 288 g/mol. The van der Waals surface area contributed by atoms with Gasteiger partial charge in [-0.05, 0) is 37.0 Å². The van der Waals surface area contributed by atoms with Gasteiger partial charge < -0.3 is 14.8 Å². The Labute approximate surface area is 139 Å². The van der Waals surface area contributed by atoms with Crippen molar-refractivity contribution < 1.29 is 9.47 Å². The summed E-state index contributed by atoms with van der Waals surface area (Å²) < 4.78 is 11.1. The Balaban J connectivity index is 1.89. The zero-order valence-corrected chi connectivity index (χ0v) is 14.1. The highest BCUT2D eigenvalue weighted by Gasteiger charge is 2.12. The molecule has 0 bridgehead atoms. The lowest BCUT2D eigenvalue weighted by molar-refractivity contribution is 0.290. The van der Waals surface area contributed by atoms with Crippen LogP contribution < -0.4 is 14.8 Å². The van der Waals surface area contributed by atoms with E-state index < -0.39 is 0 Å². The number of nitrogens with zero attached hydrogens (tertiary/aromatic N) is 1. The molecule has 23 heavy (non-hydrogen) atoms. The quantitative estimate of drug-likeness (QED) is 0.577. The van der Waals surface area contributed by atoms with E-state index >= 15 is 0 Å². The molecule has 4 heteroatoms. The molecule has 0 aliphatic heterocycles. The van der Waals surface area contributed by atoms with Crippen molar-refractivity contribution in [3.05, 3.63) is 23.8 Å². The predicted octanol–water partition coefficient (Wildman–Crippen LogP) is 4.19. The third-order valence-corrected chi connectivity index (χ3v) is 4.37. The SMILES string of the molecule is COc1ccc(CNC2CCCCCC2)cc1OCCCC#N. The third kappa shape index (κ3) is 6.11. The molecule has 0 amide bonds. The summed E-state index contributed by atoms with van der Waals surface area (Å²) in [5.41, 5.74) is 1.21. The second-order valence-corrected chi connectivity index (χ2v) is 6.16. The first kappa shape index (κ1) is 17.6. The van der Waals surface area contributed by atoms with E-state index in [0.717, 1.165) is 24.5 Å². The van der Waals surface area contributed by atoms with E-state index in [-0.39, 0.29) is 0 Å². The summed E-state index contributed by atoms with van der Waals surface area (Å²) in [5.74, 6) is 1.52. The van der Waals surface area contributed by atoms with Crippen molar-refractivity contribution in [2.75, 3.05) is 13.7 Å². The van der Waals surface area contributed by atoms with Gasteiger partial charge in [0.2, 0.25) is 0 Å². The number of hydrogen-bond acceptors (Lipinski definition) is 4. The van der Waals surface area contributed by atoms with Gasteiger partial charge in [-0.2, -0.15) is 5.26 Å². The molecule has 1 aromatic carbocycles. The number of hydrogen-bond donors (Lipinski definition) is 1. The average molecular weight is 316 g/mol.